The molecule has 0 spiro atoms. The van der Waals surface area contributed by atoms with Crippen molar-refractivity contribution in [2.75, 3.05) is 41.8 Å². The Morgan fingerprint density at radius 2 is 2.17 bits per heavy atom. The van der Waals surface area contributed by atoms with Crippen LogP contribution < -0.4 is 10.6 Å². The largest absolute Gasteiger partial charge is 0.396 e. The van der Waals surface area contributed by atoms with Crippen molar-refractivity contribution in [1.82, 2.24) is 4.98 Å². The number of pyridine rings is 1. The van der Waals surface area contributed by atoms with Crippen molar-refractivity contribution < 1.29 is 5.11 Å². The molecule has 0 unspecified atom stereocenters. The van der Waals surface area contributed by atoms with Crippen LogP contribution in [0.1, 0.15) is 19.8 Å². The molecule has 0 fully saturated rings. The van der Waals surface area contributed by atoms with Crippen LogP contribution in [-0.2, 0) is 0 Å². The lowest BCUT2D eigenvalue weighted by Crippen LogP contribution is -2.06. The predicted molar refractivity (Wildman–Crippen MR) is 80.5 cm³/mol. The summed E-state index contributed by atoms with van der Waals surface area (Å²) in [6, 6.07) is 4.02. The third kappa shape index (κ3) is 6.71. The van der Waals surface area contributed by atoms with Crippen molar-refractivity contribution in [2.24, 2.45) is 0 Å². The van der Waals surface area contributed by atoms with Gasteiger partial charge < -0.3 is 15.7 Å². The highest BCUT2D eigenvalue weighted by atomic mass is 32.2. The molecule has 1 heterocycles. The number of rotatable bonds is 10. The Bertz CT molecular complexity index is 323. The van der Waals surface area contributed by atoms with Crippen LogP contribution in [0.5, 0.6) is 0 Å². The van der Waals surface area contributed by atoms with E-state index in [9.17, 15) is 0 Å². The summed E-state index contributed by atoms with van der Waals surface area (Å²) in [5.41, 5.74) is 1.10. The molecule has 18 heavy (non-hydrogen) atoms. The van der Waals surface area contributed by atoms with E-state index < -0.39 is 0 Å². The van der Waals surface area contributed by atoms with Crippen molar-refractivity contribution in [3.8, 4) is 0 Å². The number of anilines is 2. The van der Waals surface area contributed by atoms with Crippen LogP contribution in [0.4, 0.5) is 11.5 Å². The zero-order valence-electron chi connectivity index (χ0n) is 11.0. The Hall–Kier alpha value is -0.940. The van der Waals surface area contributed by atoms with Gasteiger partial charge in [-0.15, -0.1) is 0 Å². The molecule has 1 rings (SSSR count). The van der Waals surface area contributed by atoms with Crippen molar-refractivity contribution in [3.05, 3.63) is 18.3 Å². The highest BCUT2D eigenvalue weighted by Crippen LogP contribution is 2.12. The number of aliphatic hydroxyl groups excluding tert-OH is 1. The Labute approximate surface area is 114 Å². The number of aliphatic hydroxyl groups is 1. The van der Waals surface area contributed by atoms with E-state index in [0.717, 1.165) is 48.9 Å². The van der Waals surface area contributed by atoms with Gasteiger partial charge in [0.1, 0.15) is 5.82 Å². The first-order valence-corrected chi connectivity index (χ1v) is 7.64. The number of thioether (sulfide) groups is 1. The minimum atomic E-state index is 0.289. The molecule has 1 aromatic heterocycles. The van der Waals surface area contributed by atoms with Crippen molar-refractivity contribution >= 4 is 23.3 Å². The van der Waals surface area contributed by atoms with Crippen molar-refractivity contribution in [3.63, 3.8) is 0 Å². The molecule has 0 radical (unpaired) electrons. The Balaban J connectivity index is 2.20. The summed E-state index contributed by atoms with van der Waals surface area (Å²) in [7, 11) is 0. The highest BCUT2D eigenvalue weighted by Gasteiger charge is 1.96. The lowest BCUT2D eigenvalue weighted by atomic mass is 10.3. The van der Waals surface area contributed by atoms with Gasteiger partial charge in [0.2, 0.25) is 0 Å². The molecular formula is C13H23N3OS. The predicted octanol–water partition coefficient (Wildman–Crippen LogP) is 2.43. The fourth-order valence-electron chi connectivity index (χ4n) is 1.43. The van der Waals surface area contributed by atoms with E-state index >= 15 is 0 Å². The first kappa shape index (κ1) is 15.1. The van der Waals surface area contributed by atoms with Gasteiger partial charge in [-0.2, -0.15) is 11.8 Å². The number of nitrogens with one attached hydrogen (secondary N) is 2. The van der Waals surface area contributed by atoms with Crippen molar-refractivity contribution in [2.45, 2.75) is 19.8 Å². The molecule has 0 aliphatic rings. The van der Waals surface area contributed by atoms with Crippen LogP contribution in [-0.4, -0.2) is 41.3 Å². The smallest absolute Gasteiger partial charge is 0.127 e. The molecule has 0 amide bonds. The lowest BCUT2D eigenvalue weighted by Gasteiger charge is -2.08. The van der Waals surface area contributed by atoms with E-state index in [1.54, 1.807) is 0 Å². The third-order valence-corrected chi connectivity index (χ3v) is 3.41. The molecule has 1 aromatic rings. The summed E-state index contributed by atoms with van der Waals surface area (Å²) >= 11 is 1.86. The van der Waals surface area contributed by atoms with E-state index in [1.165, 1.54) is 0 Å². The lowest BCUT2D eigenvalue weighted by molar-refractivity contribution is 0.296. The quantitative estimate of drug-likeness (QED) is 0.570. The zero-order chi connectivity index (χ0) is 13.1. The standard InChI is InChI=1S/C13H23N3OS/c1-2-5-15-13-11-12(4-6-16-13)14-7-10-18-9-3-8-17/h4,6,11,17H,2-3,5,7-10H2,1H3,(H2,14,15,16). The zero-order valence-corrected chi connectivity index (χ0v) is 11.8. The summed E-state index contributed by atoms with van der Waals surface area (Å²) in [6.45, 7) is 4.32. The Morgan fingerprint density at radius 1 is 1.28 bits per heavy atom. The molecule has 3 N–H and O–H groups in total. The number of aromatic nitrogens is 1. The molecule has 0 aliphatic heterocycles. The molecule has 4 nitrogen and oxygen atoms in total. The van der Waals surface area contributed by atoms with Gasteiger partial charge in [-0.3, -0.25) is 0 Å². The maximum Gasteiger partial charge on any atom is 0.127 e. The van der Waals surface area contributed by atoms with Gasteiger partial charge in [0.25, 0.3) is 0 Å². The average molecular weight is 269 g/mol. The van der Waals surface area contributed by atoms with E-state index in [2.05, 4.69) is 22.5 Å². The van der Waals surface area contributed by atoms with Gasteiger partial charge in [0.05, 0.1) is 0 Å². The van der Waals surface area contributed by atoms with E-state index in [1.807, 2.05) is 30.1 Å². The third-order valence-electron chi connectivity index (χ3n) is 2.34. The number of nitrogens with zero attached hydrogens (tertiary/aromatic N) is 1. The average Bonchev–Trinajstić information content (AvgIpc) is 2.41. The molecule has 0 aromatic carbocycles. The van der Waals surface area contributed by atoms with E-state index in [4.69, 9.17) is 5.11 Å². The molecule has 0 atom stereocenters. The van der Waals surface area contributed by atoms with Gasteiger partial charge >= 0.3 is 0 Å². The first-order chi connectivity index (χ1) is 8.86. The molecule has 0 saturated heterocycles. The van der Waals surface area contributed by atoms with Crippen LogP contribution in [0.15, 0.2) is 18.3 Å². The van der Waals surface area contributed by atoms with Gasteiger partial charge in [0, 0.05) is 43.4 Å². The second-order valence-electron chi connectivity index (χ2n) is 3.97. The molecule has 0 saturated carbocycles. The van der Waals surface area contributed by atoms with Crippen LogP contribution >= 0.6 is 11.8 Å². The second-order valence-corrected chi connectivity index (χ2v) is 5.20. The summed E-state index contributed by atoms with van der Waals surface area (Å²) in [6.07, 6.45) is 3.80. The second kappa shape index (κ2) is 10.0. The minimum absolute atomic E-state index is 0.289. The maximum atomic E-state index is 8.66. The molecule has 0 aliphatic carbocycles. The molecule has 0 bridgehead atoms. The van der Waals surface area contributed by atoms with Crippen LogP contribution in [0, 0.1) is 0 Å². The van der Waals surface area contributed by atoms with Crippen LogP contribution in [0.25, 0.3) is 0 Å². The summed E-state index contributed by atoms with van der Waals surface area (Å²) in [4.78, 5) is 4.26. The van der Waals surface area contributed by atoms with Crippen LogP contribution in [0.2, 0.25) is 0 Å². The monoisotopic (exact) mass is 269 g/mol. The van der Waals surface area contributed by atoms with Gasteiger partial charge in [-0.25, -0.2) is 4.98 Å². The summed E-state index contributed by atoms with van der Waals surface area (Å²) in [5.74, 6) is 3.01. The van der Waals surface area contributed by atoms with Gasteiger partial charge in [-0.05, 0) is 24.7 Å². The fourth-order valence-corrected chi connectivity index (χ4v) is 2.21. The summed E-state index contributed by atoms with van der Waals surface area (Å²) in [5, 5.41) is 15.3. The SMILES string of the molecule is CCCNc1cc(NCCSCCCO)ccn1. The maximum absolute atomic E-state index is 8.66. The molecule has 102 valence electrons. The molecule has 5 heteroatoms. The van der Waals surface area contributed by atoms with Crippen molar-refractivity contribution in [1.29, 1.82) is 0 Å². The van der Waals surface area contributed by atoms with Gasteiger partial charge in [-0.1, -0.05) is 6.92 Å². The van der Waals surface area contributed by atoms with Gasteiger partial charge in [0.15, 0.2) is 0 Å². The first-order valence-electron chi connectivity index (χ1n) is 6.49. The number of hydrogen-bond donors (Lipinski definition) is 3. The number of hydrogen-bond acceptors (Lipinski definition) is 5. The van der Waals surface area contributed by atoms with E-state index in [0.29, 0.717) is 0 Å². The van der Waals surface area contributed by atoms with E-state index in [-0.39, 0.29) is 6.61 Å². The fraction of sp³-hybridized carbons (Fsp3) is 0.615. The normalized spacial score (nSPS) is 10.3. The summed E-state index contributed by atoms with van der Waals surface area (Å²) < 4.78 is 0. The molecular weight excluding hydrogens is 246 g/mol. The van der Waals surface area contributed by atoms with Crippen LogP contribution in [0.3, 0.4) is 0 Å². The minimum Gasteiger partial charge on any atom is -0.396 e. The highest BCUT2D eigenvalue weighted by molar-refractivity contribution is 7.99. The Morgan fingerprint density at radius 3 is 2.94 bits per heavy atom. The Kier molecular flexibility index (Phi) is 8.42. The topological polar surface area (TPSA) is 57.2 Å².